The van der Waals surface area contributed by atoms with E-state index >= 15 is 0 Å². The summed E-state index contributed by atoms with van der Waals surface area (Å²) in [5.74, 6) is 0.684. The average Bonchev–Trinajstić information content (AvgIpc) is 2.20. The Morgan fingerprint density at radius 1 is 1.40 bits per heavy atom. The highest BCUT2D eigenvalue weighted by molar-refractivity contribution is 6.42. The molecule has 0 aliphatic rings. The Balaban J connectivity index is 2.51. The summed E-state index contributed by atoms with van der Waals surface area (Å²) in [6, 6.07) is 5.16. The van der Waals surface area contributed by atoms with E-state index in [0.717, 1.165) is 12.2 Å². The van der Waals surface area contributed by atoms with Crippen molar-refractivity contribution in [3.8, 4) is 5.75 Å². The Morgan fingerprint density at radius 3 is 2.73 bits per heavy atom. The van der Waals surface area contributed by atoms with E-state index in [1.165, 1.54) is 0 Å². The van der Waals surface area contributed by atoms with Crippen molar-refractivity contribution in [1.82, 2.24) is 5.32 Å². The molecule has 1 aromatic rings. The number of hydrogen-bond donors (Lipinski definition) is 1. The van der Waals surface area contributed by atoms with Crippen LogP contribution in [-0.4, -0.2) is 13.2 Å². The summed E-state index contributed by atoms with van der Waals surface area (Å²) in [7, 11) is 0. The molecule has 0 radical (unpaired) electrons. The van der Waals surface area contributed by atoms with Gasteiger partial charge in [-0.1, -0.05) is 29.8 Å². The van der Waals surface area contributed by atoms with E-state index in [4.69, 9.17) is 27.9 Å². The van der Waals surface area contributed by atoms with Crippen molar-refractivity contribution in [2.75, 3.05) is 13.2 Å². The zero-order chi connectivity index (χ0) is 11.3. The largest absolute Gasteiger partial charge is 0.487 e. The lowest BCUT2D eigenvalue weighted by molar-refractivity contribution is 0.343. The second-order valence-electron chi connectivity index (χ2n) is 3.00. The molecule has 82 valence electrons. The van der Waals surface area contributed by atoms with Crippen LogP contribution in [0.15, 0.2) is 30.5 Å². The van der Waals surface area contributed by atoms with Crippen LogP contribution in [0.1, 0.15) is 6.92 Å². The van der Waals surface area contributed by atoms with E-state index in [2.05, 4.69) is 11.9 Å². The number of rotatable bonds is 5. The highest BCUT2D eigenvalue weighted by Crippen LogP contribution is 2.26. The lowest BCUT2D eigenvalue weighted by Crippen LogP contribution is -2.17. The van der Waals surface area contributed by atoms with Crippen LogP contribution in [0.4, 0.5) is 0 Å². The molecule has 0 heterocycles. The van der Waals surface area contributed by atoms with Gasteiger partial charge in [0.1, 0.15) is 12.4 Å². The van der Waals surface area contributed by atoms with Crippen molar-refractivity contribution >= 4 is 23.2 Å². The fourth-order valence-electron chi connectivity index (χ4n) is 1.04. The molecule has 0 aliphatic heterocycles. The van der Waals surface area contributed by atoms with Crippen LogP contribution in [0, 0.1) is 0 Å². The Kier molecular flexibility index (Phi) is 4.79. The predicted octanol–water partition coefficient (Wildman–Crippen LogP) is 3.50. The molecule has 4 heteroatoms. The van der Waals surface area contributed by atoms with Gasteiger partial charge in [-0.05, 0) is 19.1 Å². The second-order valence-corrected chi connectivity index (χ2v) is 3.81. The highest BCUT2D eigenvalue weighted by Gasteiger charge is 2.00. The summed E-state index contributed by atoms with van der Waals surface area (Å²) in [6.07, 6.45) is 0. The predicted molar refractivity (Wildman–Crippen MR) is 64.8 cm³/mol. The molecular formula is C11H13Cl2NO. The smallest absolute Gasteiger partial charge is 0.127 e. The molecule has 1 rings (SSSR count). The third-order valence-electron chi connectivity index (χ3n) is 1.73. The second kappa shape index (κ2) is 5.89. The van der Waals surface area contributed by atoms with E-state index in [-0.39, 0.29) is 0 Å². The van der Waals surface area contributed by atoms with Gasteiger partial charge in [-0.25, -0.2) is 0 Å². The van der Waals surface area contributed by atoms with Gasteiger partial charge in [-0.15, -0.1) is 0 Å². The molecule has 0 amide bonds. The van der Waals surface area contributed by atoms with E-state index in [0.29, 0.717) is 22.4 Å². The number of benzene rings is 1. The van der Waals surface area contributed by atoms with Gasteiger partial charge in [0.15, 0.2) is 0 Å². The van der Waals surface area contributed by atoms with E-state index in [9.17, 15) is 0 Å². The molecule has 0 fully saturated rings. The zero-order valence-corrected chi connectivity index (χ0v) is 10.0. The molecule has 0 aliphatic carbocycles. The molecular weight excluding hydrogens is 233 g/mol. The van der Waals surface area contributed by atoms with Crippen LogP contribution in [0.2, 0.25) is 10.0 Å². The third kappa shape index (κ3) is 4.02. The van der Waals surface area contributed by atoms with Crippen molar-refractivity contribution in [3.05, 3.63) is 40.5 Å². The lowest BCUT2D eigenvalue weighted by Gasteiger charge is -2.10. The van der Waals surface area contributed by atoms with Gasteiger partial charge in [0.25, 0.3) is 0 Å². The molecule has 15 heavy (non-hydrogen) atoms. The number of likely N-dealkylation sites (N-methyl/N-ethyl adjacent to an activating group) is 1. The number of ether oxygens (including phenoxy) is 1. The summed E-state index contributed by atoms with van der Waals surface area (Å²) in [5.41, 5.74) is 0.837. The first-order valence-electron chi connectivity index (χ1n) is 4.63. The van der Waals surface area contributed by atoms with Crippen LogP contribution >= 0.6 is 23.2 Å². The van der Waals surface area contributed by atoms with Crippen molar-refractivity contribution < 1.29 is 4.74 Å². The number of halogens is 2. The summed E-state index contributed by atoms with van der Waals surface area (Å²) < 4.78 is 5.45. The van der Waals surface area contributed by atoms with Crippen LogP contribution in [0.3, 0.4) is 0 Å². The van der Waals surface area contributed by atoms with Crippen molar-refractivity contribution in [3.63, 3.8) is 0 Å². The Bertz CT molecular complexity index is 352. The van der Waals surface area contributed by atoms with Gasteiger partial charge in [-0.2, -0.15) is 0 Å². The van der Waals surface area contributed by atoms with Crippen LogP contribution in [0.5, 0.6) is 5.75 Å². The van der Waals surface area contributed by atoms with Gasteiger partial charge in [0, 0.05) is 18.3 Å². The van der Waals surface area contributed by atoms with Crippen molar-refractivity contribution in [2.45, 2.75) is 6.92 Å². The highest BCUT2D eigenvalue weighted by atomic mass is 35.5. The van der Waals surface area contributed by atoms with E-state index < -0.39 is 0 Å². The Labute approximate surface area is 99.8 Å². The fourth-order valence-corrected chi connectivity index (χ4v) is 1.33. The van der Waals surface area contributed by atoms with Crippen LogP contribution < -0.4 is 10.1 Å². The van der Waals surface area contributed by atoms with Gasteiger partial charge in [0.2, 0.25) is 0 Å². The lowest BCUT2D eigenvalue weighted by atomic mass is 10.3. The molecule has 0 spiro atoms. The third-order valence-corrected chi connectivity index (χ3v) is 2.47. The monoisotopic (exact) mass is 245 g/mol. The van der Waals surface area contributed by atoms with Gasteiger partial charge >= 0.3 is 0 Å². The maximum Gasteiger partial charge on any atom is 0.127 e. The Morgan fingerprint density at radius 2 is 2.13 bits per heavy atom. The minimum Gasteiger partial charge on any atom is -0.487 e. The van der Waals surface area contributed by atoms with Crippen molar-refractivity contribution in [2.24, 2.45) is 0 Å². The SMILES string of the molecule is C=C(COc1ccc(Cl)c(Cl)c1)NCC. The normalized spacial score (nSPS) is 9.80. The van der Waals surface area contributed by atoms with Gasteiger partial charge in [0.05, 0.1) is 10.0 Å². The minimum atomic E-state index is 0.422. The van der Waals surface area contributed by atoms with Gasteiger partial charge < -0.3 is 10.1 Å². The summed E-state index contributed by atoms with van der Waals surface area (Å²) in [6.45, 7) is 7.07. The quantitative estimate of drug-likeness (QED) is 0.858. The fraction of sp³-hybridized carbons (Fsp3) is 0.273. The first-order chi connectivity index (χ1) is 7.13. The number of nitrogens with one attached hydrogen (secondary N) is 1. The van der Waals surface area contributed by atoms with Crippen LogP contribution in [0.25, 0.3) is 0 Å². The van der Waals surface area contributed by atoms with Crippen molar-refractivity contribution in [1.29, 1.82) is 0 Å². The van der Waals surface area contributed by atoms with Gasteiger partial charge in [-0.3, -0.25) is 0 Å². The molecule has 0 saturated carbocycles. The molecule has 2 nitrogen and oxygen atoms in total. The first kappa shape index (κ1) is 12.2. The summed E-state index contributed by atoms with van der Waals surface area (Å²) in [4.78, 5) is 0. The van der Waals surface area contributed by atoms with Crippen LogP contribution in [-0.2, 0) is 0 Å². The molecule has 1 N–H and O–H groups in total. The Hall–Kier alpha value is -0.860. The molecule has 0 unspecified atom stereocenters. The molecule has 0 aromatic heterocycles. The first-order valence-corrected chi connectivity index (χ1v) is 5.38. The average molecular weight is 246 g/mol. The number of hydrogen-bond acceptors (Lipinski definition) is 2. The summed E-state index contributed by atoms with van der Waals surface area (Å²) >= 11 is 11.6. The minimum absolute atomic E-state index is 0.422. The topological polar surface area (TPSA) is 21.3 Å². The summed E-state index contributed by atoms with van der Waals surface area (Å²) in [5, 5.41) is 4.08. The maximum absolute atomic E-state index is 5.84. The van der Waals surface area contributed by atoms with E-state index in [1.54, 1.807) is 18.2 Å². The maximum atomic E-state index is 5.84. The molecule has 0 atom stereocenters. The zero-order valence-electron chi connectivity index (χ0n) is 8.52. The molecule has 0 bridgehead atoms. The van der Waals surface area contributed by atoms with E-state index in [1.807, 2.05) is 6.92 Å². The standard InChI is InChI=1S/C11H13Cl2NO/c1-3-14-8(2)7-15-9-4-5-10(12)11(13)6-9/h4-6,14H,2-3,7H2,1H3. The molecule has 0 saturated heterocycles. The molecule has 1 aromatic carbocycles.